The third-order valence-electron chi connectivity index (χ3n) is 4.05. The minimum Gasteiger partial charge on any atom is -0.371 e. The Morgan fingerprint density at radius 2 is 1.78 bits per heavy atom. The van der Waals surface area contributed by atoms with E-state index in [4.69, 9.17) is 9.47 Å². The Morgan fingerprint density at radius 1 is 1.11 bits per heavy atom. The molecule has 2 aliphatic rings. The van der Waals surface area contributed by atoms with Gasteiger partial charge in [0.25, 0.3) is 0 Å². The fourth-order valence-electron chi connectivity index (χ4n) is 2.99. The van der Waals surface area contributed by atoms with Gasteiger partial charge in [-0.25, -0.2) is 0 Å². The standard InChI is InChI=1S/C15H21NO2/c1-2-13-5-3-4-6-14(13)16-9-7-15(8-10-16)17-11-12-18-15/h3-6H,2,7-12H2,1H3. The molecule has 2 aliphatic heterocycles. The van der Waals surface area contributed by atoms with Crippen molar-refractivity contribution in [2.24, 2.45) is 0 Å². The summed E-state index contributed by atoms with van der Waals surface area (Å²) in [6.45, 7) is 5.78. The normalized spacial score (nSPS) is 22.6. The predicted octanol–water partition coefficient (Wildman–Crippen LogP) is 2.59. The predicted molar refractivity (Wildman–Crippen MR) is 71.9 cm³/mol. The number of ether oxygens (including phenoxy) is 2. The second-order valence-corrected chi connectivity index (χ2v) is 5.08. The van der Waals surface area contributed by atoms with Gasteiger partial charge in [-0.1, -0.05) is 25.1 Å². The van der Waals surface area contributed by atoms with Crippen molar-refractivity contribution in [1.82, 2.24) is 0 Å². The molecule has 1 spiro atoms. The minimum absolute atomic E-state index is 0.266. The summed E-state index contributed by atoms with van der Waals surface area (Å²) in [4.78, 5) is 2.47. The number of rotatable bonds is 2. The van der Waals surface area contributed by atoms with Gasteiger partial charge in [-0.15, -0.1) is 0 Å². The lowest BCUT2D eigenvalue weighted by Crippen LogP contribution is -2.45. The molecule has 0 atom stereocenters. The van der Waals surface area contributed by atoms with Gasteiger partial charge in [0.2, 0.25) is 0 Å². The molecule has 1 aromatic rings. The summed E-state index contributed by atoms with van der Waals surface area (Å²) in [6.07, 6.45) is 3.04. The van der Waals surface area contributed by atoms with Gasteiger partial charge in [-0.3, -0.25) is 0 Å². The van der Waals surface area contributed by atoms with Gasteiger partial charge < -0.3 is 14.4 Å². The van der Waals surface area contributed by atoms with Crippen LogP contribution in [0.15, 0.2) is 24.3 Å². The number of nitrogens with zero attached hydrogens (tertiary/aromatic N) is 1. The molecular weight excluding hydrogens is 226 g/mol. The molecule has 18 heavy (non-hydrogen) atoms. The number of aryl methyl sites for hydroxylation is 1. The maximum atomic E-state index is 5.77. The number of piperidine rings is 1. The molecule has 2 fully saturated rings. The van der Waals surface area contributed by atoms with Gasteiger partial charge in [-0.2, -0.15) is 0 Å². The van der Waals surface area contributed by atoms with Crippen molar-refractivity contribution < 1.29 is 9.47 Å². The van der Waals surface area contributed by atoms with E-state index in [2.05, 4.69) is 36.1 Å². The lowest BCUT2D eigenvalue weighted by molar-refractivity contribution is -0.169. The molecule has 0 unspecified atom stereocenters. The van der Waals surface area contributed by atoms with E-state index >= 15 is 0 Å². The van der Waals surface area contributed by atoms with Crippen molar-refractivity contribution >= 4 is 5.69 Å². The van der Waals surface area contributed by atoms with Gasteiger partial charge >= 0.3 is 0 Å². The quantitative estimate of drug-likeness (QED) is 0.802. The van der Waals surface area contributed by atoms with Crippen LogP contribution in [-0.2, 0) is 15.9 Å². The summed E-state index contributed by atoms with van der Waals surface area (Å²) in [6, 6.07) is 8.70. The zero-order chi connectivity index (χ0) is 12.4. The summed E-state index contributed by atoms with van der Waals surface area (Å²) in [5.41, 5.74) is 2.81. The zero-order valence-corrected chi connectivity index (χ0v) is 11.0. The van der Waals surface area contributed by atoms with E-state index < -0.39 is 0 Å². The smallest absolute Gasteiger partial charge is 0.171 e. The zero-order valence-electron chi connectivity index (χ0n) is 11.0. The van der Waals surface area contributed by atoms with Crippen molar-refractivity contribution in [3.63, 3.8) is 0 Å². The summed E-state index contributed by atoms with van der Waals surface area (Å²) < 4.78 is 11.5. The average molecular weight is 247 g/mol. The summed E-state index contributed by atoms with van der Waals surface area (Å²) in [5, 5.41) is 0. The van der Waals surface area contributed by atoms with Crippen molar-refractivity contribution in [3.05, 3.63) is 29.8 Å². The monoisotopic (exact) mass is 247 g/mol. The summed E-state index contributed by atoms with van der Waals surface area (Å²) in [5.74, 6) is -0.266. The number of hydrogen-bond acceptors (Lipinski definition) is 3. The molecular formula is C15H21NO2. The highest BCUT2D eigenvalue weighted by atomic mass is 16.7. The Labute approximate surface area is 109 Å². The third kappa shape index (κ3) is 2.13. The maximum Gasteiger partial charge on any atom is 0.171 e. The highest BCUT2D eigenvalue weighted by Gasteiger charge is 2.39. The first-order valence-corrected chi connectivity index (χ1v) is 6.94. The van der Waals surface area contributed by atoms with Gasteiger partial charge in [-0.05, 0) is 18.1 Å². The molecule has 1 aromatic carbocycles. The van der Waals surface area contributed by atoms with Crippen LogP contribution in [0.4, 0.5) is 5.69 Å². The molecule has 98 valence electrons. The first-order valence-electron chi connectivity index (χ1n) is 6.94. The number of para-hydroxylation sites is 1. The lowest BCUT2D eigenvalue weighted by atomic mass is 10.0. The number of anilines is 1. The highest BCUT2D eigenvalue weighted by molar-refractivity contribution is 5.54. The van der Waals surface area contributed by atoms with Crippen molar-refractivity contribution in [3.8, 4) is 0 Å². The molecule has 3 heteroatoms. The summed E-state index contributed by atoms with van der Waals surface area (Å²) in [7, 11) is 0. The topological polar surface area (TPSA) is 21.7 Å². The van der Waals surface area contributed by atoms with Crippen LogP contribution >= 0.6 is 0 Å². The largest absolute Gasteiger partial charge is 0.371 e. The second-order valence-electron chi connectivity index (χ2n) is 5.08. The Kier molecular flexibility index (Phi) is 3.27. The fraction of sp³-hybridized carbons (Fsp3) is 0.600. The van der Waals surface area contributed by atoms with Crippen LogP contribution < -0.4 is 4.90 Å². The number of hydrogen-bond donors (Lipinski definition) is 0. The molecule has 0 bridgehead atoms. The summed E-state index contributed by atoms with van der Waals surface area (Å²) >= 11 is 0. The molecule has 0 N–H and O–H groups in total. The fourth-order valence-corrected chi connectivity index (χ4v) is 2.99. The molecule has 3 rings (SSSR count). The number of benzene rings is 1. The SMILES string of the molecule is CCc1ccccc1N1CCC2(CC1)OCCO2. The molecule has 0 aromatic heterocycles. The Hall–Kier alpha value is -1.06. The van der Waals surface area contributed by atoms with E-state index in [0.717, 1.165) is 45.6 Å². The molecule has 0 amide bonds. The van der Waals surface area contributed by atoms with Crippen LogP contribution in [0.25, 0.3) is 0 Å². The maximum absolute atomic E-state index is 5.77. The Balaban J connectivity index is 1.72. The second kappa shape index (κ2) is 4.90. The third-order valence-corrected chi connectivity index (χ3v) is 4.05. The van der Waals surface area contributed by atoms with Crippen LogP contribution in [-0.4, -0.2) is 32.1 Å². The minimum atomic E-state index is -0.266. The van der Waals surface area contributed by atoms with Crippen LogP contribution in [0.5, 0.6) is 0 Å². The van der Waals surface area contributed by atoms with Crippen molar-refractivity contribution in [2.75, 3.05) is 31.2 Å². The van der Waals surface area contributed by atoms with E-state index in [-0.39, 0.29) is 5.79 Å². The molecule has 0 radical (unpaired) electrons. The van der Waals surface area contributed by atoms with Crippen molar-refractivity contribution in [2.45, 2.75) is 32.0 Å². The van der Waals surface area contributed by atoms with Gasteiger partial charge in [0.05, 0.1) is 13.2 Å². The van der Waals surface area contributed by atoms with E-state index in [1.165, 1.54) is 11.3 Å². The lowest BCUT2D eigenvalue weighted by Gasteiger charge is -2.39. The first kappa shape index (κ1) is 12.0. The Bertz CT molecular complexity index is 403. The van der Waals surface area contributed by atoms with Crippen LogP contribution in [0.1, 0.15) is 25.3 Å². The van der Waals surface area contributed by atoms with E-state index in [1.54, 1.807) is 0 Å². The van der Waals surface area contributed by atoms with Crippen LogP contribution in [0, 0.1) is 0 Å². The molecule has 2 heterocycles. The van der Waals surface area contributed by atoms with Gasteiger partial charge in [0.1, 0.15) is 0 Å². The molecule has 0 aliphatic carbocycles. The first-order chi connectivity index (χ1) is 8.83. The van der Waals surface area contributed by atoms with E-state index in [1.807, 2.05) is 0 Å². The molecule has 0 saturated carbocycles. The van der Waals surface area contributed by atoms with E-state index in [0.29, 0.717) is 0 Å². The average Bonchev–Trinajstić information content (AvgIpc) is 2.88. The Morgan fingerprint density at radius 3 is 2.44 bits per heavy atom. The molecule has 3 nitrogen and oxygen atoms in total. The van der Waals surface area contributed by atoms with E-state index in [9.17, 15) is 0 Å². The van der Waals surface area contributed by atoms with Gasteiger partial charge in [0, 0.05) is 31.6 Å². The van der Waals surface area contributed by atoms with Crippen LogP contribution in [0.3, 0.4) is 0 Å². The molecule has 2 saturated heterocycles. The van der Waals surface area contributed by atoms with Gasteiger partial charge in [0.15, 0.2) is 5.79 Å². The highest BCUT2D eigenvalue weighted by Crippen LogP contribution is 2.34. The van der Waals surface area contributed by atoms with Crippen LogP contribution in [0.2, 0.25) is 0 Å². The van der Waals surface area contributed by atoms with Crippen molar-refractivity contribution in [1.29, 1.82) is 0 Å².